The van der Waals surface area contributed by atoms with Crippen molar-refractivity contribution in [1.29, 1.82) is 0 Å². The van der Waals surface area contributed by atoms with Gasteiger partial charge in [-0.2, -0.15) is 0 Å². The first-order valence-corrected chi connectivity index (χ1v) is 7.24. The first kappa shape index (κ1) is 13.5. The number of fused-ring (bicyclic) bond motifs is 1. The Morgan fingerprint density at radius 1 is 0.952 bits per heavy atom. The third-order valence-electron chi connectivity index (χ3n) is 3.26. The van der Waals surface area contributed by atoms with E-state index in [1.807, 2.05) is 18.2 Å². The van der Waals surface area contributed by atoms with Crippen molar-refractivity contribution in [2.45, 2.75) is 19.8 Å². The minimum absolute atomic E-state index is 0.694. The van der Waals surface area contributed by atoms with Gasteiger partial charge in [0.1, 0.15) is 5.82 Å². The number of hydrogen-bond donors (Lipinski definition) is 1. The van der Waals surface area contributed by atoms with Crippen molar-refractivity contribution in [2.75, 3.05) is 11.9 Å². The number of nitrogens with one attached hydrogen (secondary N) is 1. The molecule has 0 spiro atoms. The molecular weight excluding hydrogens is 260 g/mol. The second kappa shape index (κ2) is 6.31. The fraction of sp³-hybridized carbons (Fsp3) is 0.235. The van der Waals surface area contributed by atoms with Gasteiger partial charge < -0.3 is 5.32 Å². The third kappa shape index (κ3) is 3.34. The van der Waals surface area contributed by atoms with Gasteiger partial charge in [0.15, 0.2) is 0 Å². The Kier molecular flexibility index (Phi) is 4.05. The highest BCUT2D eigenvalue weighted by Gasteiger charge is 2.03. The number of aromatic nitrogens is 3. The predicted octanol–water partition coefficient (Wildman–Crippen LogP) is 3.44. The molecule has 0 atom stereocenters. The largest absolute Gasteiger partial charge is 0.369 e. The fourth-order valence-corrected chi connectivity index (χ4v) is 2.22. The Morgan fingerprint density at radius 3 is 2.76 bits per heavy atom. The summed E-state index contributed by atoms with van der Waals surface area (Å²) in [6, 6.07) is 12.3. The van der Waals surface area contributed by atoms with E-state index in [0.29, 0.717) is 6.42 Å². The molecule has 1 aromatic carbocycles. The van der Waals surface area contributed by atoms with Gasteiger partial charge in [0.25, 0.3) is 0 Å². The minimum Gasteiger partial charge on any atom is -0.369 e. The van der Waals surface area contributed by atoms with Gasteiger partial charge in [-0.05, 0) is 18.6 Å². The zero-order valence-electron chi connectivity index (χ0n) is 12.1. The molecular formula is C17H18N4. The van der Waals surface area contributed by atoms with Crippen molar-refractivity contribution in [1.82, 2.24) is 15.0 Å². The lowest BCUT2D eigenvalue weighted by atomic mass is 10.1. The quantitative estimate of drug-likeness (QED) is 0.776. The highest BCUT2D eigenvalue weighted by atomic mass is 15.0. The van der Waals surface area contributed by atoms with Crippen molar-refractivity contribution in [2.24, 2.45) is 0 Å². The van der Waals surface area contributed by atoms with E-state index in [4.69, 9.17) is 0 Å². The lowest BCUT2D eigenvalue weighted by molar-refractivity contribution is 0.943. The second-order valence-corrected chi connectivity index (χ2v) is 4.99. The normalized spacial score (nSPS) is 10.7. The van der Waals surface area contributed by atoms with Crippen molar-refractivity contribution >= 4 is 16.7 Å². The molecule has 106 valence electrons. The van der Waals surface area contributed by atoms with E-state index in [1.165, 1.54) is 0 Å². The van der Waals surface area contributed by atoms with Crippen LogP contribution >= 0.6 is 0 Å². The first-order chi connectivity index (χ1) is 10.3. The molecule has 0 bridgehead atoms. The Bertz CT molecular complexity index is 739. The van der Waals surface area contributed by atoms with Gasteiger partial charge in [0, 0.05) is 30.2 Å². The summed E-state index contributed by atoms with van der Waals surface area (Å²) < 4.78 is 0. The summed E-state index contributed by atoms with van der Waals surface area (Å²) in [4.78, 5) is 13.5. The maximum absolute atomic E-state index is 4.67. The molecule has 0 aliphatic heterocycles. The van der Waals surface area contributed by atoms with E-state index >= 15 is 0 Å². The molecule has 0 radical (unpaired) electrons. The molecule has 0 saturated carbocycles. The van der Waals surface area contributed by atoms with Crippen LogP contribution in [0.1, 0.15) is 24.7 Å². The molecule has 0 saturated heterocycles. The van der Waals surface area contributed by atoms with E-state index in [1.54, 1.807) is 12.4 Å². The molecule has 0 aliphatic carbocycles. The highest BCUT2D eigenvalue weighted by molar-refractivity contribution is 5.78. The third-order valence-corrected chi connectivity index (χ3v) is 3.26. The summed E-state index contributed by atoms with van der Waals surface area (Å²) in [5.74, 6) is 0.829. The zero-order valence-corrected chi connectivity index (χ0v) is 12.1. The maximum atomic E-state index is 4.67. The summed E-state index contributed by atoms with van der Waals surface area (Å²) in [5.41, 5.74) is 2.96. The molecule has 21 heavy (non-hydrogen) atoms. The molecule has 4 nitrogen and oxygen atoms in total. The standard InChI is InChI=1S/C17H18N4/c1-2-9-19-17-12-18-11-15(21-17)10-14-8-7-13-5-3-4-6-16(13)20-14/h3-8,11-12H,2,9-10H2,1H3,(H,19,21). The van der Waals surface area contributed by atoms with Crippen LogP contribution in [-0.4, -0.2) is 21.5 Å². The number of nitrogens with zero attached hydrogens (tertiary/aromatic N) is 3. The Labute approximate surface area is 124 Å². The topological polar surface area (TPSA) is 50.7 Å². The van der Waals surface area contributed by atoms with Gasteiger partial charge in [-0.25, -0.2) is 4.98 Å². The van der Waals surface area contributed by atoms with Crippen LogP contribution in [-0.2, 0) is 6.42 Å². The average molecular weight is 278 g/mol. The first-order valence-electron chi connectivity index (χ1n) is 7.24. The highest BCUT2D eigenvalue weighted by Crippen LogP contribution is 2.14. The summed E-state index contributed by atoms with van der Waals surface area (Å²) in [5, 5.41) is 4.41. The van der Waals surface area contributed by atoms with E-state index in [-0.39, 0.29) is 0 Å². The van der Waals surface area contributed by atoms with Crippen molar-refractivity contribution < 1.29 is 0 Å². The van der Waals surface area contributed by atoms with Crippen LogP contribution in [0.4, 0.5) is 5.82 Å². The van der Waals surface area contributed by atoms with E-state index < -0.39 is 0 Å². The number of anilines is 1. The summed E-state index contributed by atoms with van der Waals surface area (Å²) in [7, 11) is 0. The predicted molar refractivity (Wildman–Crippen MR) is 85.4 cm³/mol. The summed E-state index contributed by atoms with van der Waals surface area (Å²) in [6.45, 7) is 3.04. The monoisotopic (exact) mass is 278 g/mol. The molecule has 1 N–H and O–H groups in total. The van der Waals surface area contributed by atoms with Crippen LogP contribution in [0.25, 0.3) is 10.9 Å². The maximum Gasteiger partial charge on any atom is 0.144 e. The molecule has 0 amide bonds. The number of pyridine rings is 1. The average Bonchev–Trinajstić information content (AvgIpc) is 2.53. The molecule has 0 unspecified atom stereocenters. The van der Waals surface area contributed by atoms with Crippen LogP contribution in [0.3, 0.4) is 0 Å². The van der Waals surface area contributed by atoms with Crippen molar-refractivity contribution in [3.8, 4) is 0 Å². The van der Waals surface area contributed by atoms with Gasteiger partial charge in [0.2, 0.25) is 0 Å². The lowest BCUT2D eigenvalue weighted by Crippen LogP contribution is -2.05. The van der Waals surface area contributed by atoms with Crippen molar-refractivity contribution in [3.63, 3.8) is 0 Å². The van der Waals surface area contributed by atoms with Crippen LogP contribution < -0.4 is 5.32 Å². The van der Waals surface area contributed by atoms with Gasteiger partial charge in [-0.1, -0.05) is 31.2 Å². The Balaban J connectivity index is 1.81. The second-order valence-electron chi connectivity index (χ2n) is 4.99. The smallest absolute Gasteiger partial charge is 0.144 e. The summed E-state index contributed by atoms with van der Waals surface area (Å²) >= 11 is 0. The van der Waals surface area contributed by atoms with Gasteiger partial charge in [0.05, 0.1) is 17.4 Å². The van der Waals surface area contributed by atoms with Crippen LogP contribution in [0, 0.1) is 0 Å². The number of hydrogen-bond acceptors (Lipinski definition) is 4. The molecule has 2 aromatic heterocycles. The lowest BCUT2D eigenvalue weighted by Gasteiger charge is -2.06. The molecule has 4 heteroatoms. The Morgan fingerprint density at radius 2 is 1.86 bits per heavy atom. The molecule has 3 aromatic rings. The molecule has 0 fully saturated rings. The summed E-state index contributed by atoms with van der Waals surface area (Å²) in [6.07, 6.45) is 5.32. The molecule has 2 heterocycles. The van der Waals surface area contributed by atoms with Crippen LogP contribution in [0.15, 0.2) is 48.8 Å². The number of para-hydroxylation sites is 1. The minimum atomic E-state index is 0.694. The van der Waals surface area contributed by atoms with Gasteiger partial charge in [-0.3, -0.25) is 9.97 Å². The van der Waals surface area contributed by atoms with Gasteiger partial charge in [-0.15, -0.1) is 0 Å². The fourth-order valence-electron chi connectivity index (χ4n) is 2.22. The molecule has 0 aliphatic rings. The Hall–Kier alpha value is -2.49. The number of benzene rings is 1. The zero-order chi connectivity index (χ0) is 14.5. The van der Waals surface area contributed by atoms with E-state index in [0.717, 1.165) is 41.1 Å². The van der Waals surface area contributed by atoms with Gasteiger partial charge >= 0.3 is 0 Å². The van der Waals surface area contributed by atoms with Crippen molar-refractivity contribution in [3.05, 3.63) is 60.2 Å². The molecule has 3 rings (SSSR count). The number of rotatable bonds is 5. The van der Waals surface area contributed by atoms with E-state index in [2.05, 4.69) is 45.4 Å². The van der Waals surface area contributed by atoms with E-state index in [9.17, 15) is 0 Å². The van der Waals surface area contributed by atoms with Crippen LogP contribution in [0.5, 0.6) is 0 Å². The van der Waals surface area contributed by atoms with Crippen LogP contribution in [0.2, 0.25) is 0 Å². The SMILES string of the molecule is CCCNc1cncc(Cc2ccc3ccccc3n2)n1.